The first kappa shape index (κ1) is 16.7. The van der Waals surface area contributed by atoms with Crippen molar-refractivity contribution in [3.63, 3.8) is 0 Å². The average Bonchev–Trinajstić information content (AvgIpc) is 3.43. The van der Waals surface area contributed by atoms with Crippen LogP contribution in [0.4, 0.5) is 0 Å². The first-order valence-corrected chi connectivity index (χ1v) is 9.75. The maximum absolute atomic E-state index is 5.65. The largest absolute Gasteiger partial charge is 0.334 e. The monoisotopic (exact) mass is 363 g/mol. The minimum Gasteiger partial charge on any atom is -0.334 e. The van der Waals surface area contributed by atoms with E-state index in [0.29, 0.717) is 11.8 Å². The summed E-state index contributed by atoms with van der Waals surface area (Å²) in [5.74, 6) is 2.14. The number of aromatic nitrogens is 4. The fourth-order valence-electron chi connectivity index (χ4n) is 4.94. The first-order valence-electron chi connectivity index (χ1n) is 9.75. The number of fused-ring (bicyclic) bond motifs is 1. The average molecular weight is 363 g/mol. The molecule has 1 aliphatic heterocycles. The van der Waals surface area contributed by atoms with Crippen molar-refractivity contribution in [2.45, 2.75) is 38.1 Å². The molecule has 5 rings (SSSR count). The van der Waals surface area contributed by atoms with Gasteiger partial charge in [-0.2, -0.15) is 10.1 Å². The third-order valence-corrected chi connectivity index (χ3v) is 6.56. The maximum Gasteiger partial charge on any atom is 0.257 e. The lowest BCUT2D eigenvalue weighted by Gasteiger charge is -2.25. The minimum absolute atomic E-state index is 0.0344. The molecule has 1 saturated carbocycles. The smallest absolute Gasteiger partial charge is 0.257 e. The minimum atomic E-state index is 0.0344. The summed E-state index contributed by atoms with van der Waals surface area (Å²) >= 11 is 0. The van der Waals surface area contributed by atoms with Crippen molar-refractivity contribution in [3.05, 3.63) is 53.6 Å². The molecule has 2 fully saturated rings. The third kappa shape index (κ3) is 2.70. The van der Waals surface area contributed by atoms with Gasteiger partial charge in [0.15, 0.2) is 5.82 Å². The normalized spacial score (nSPS) is 25.2. The molecule has 1 saturated heterocycles. The van der Waals surface area contributed by atoms with E-state index in [1.54, 1.807) is 0 Å². The Morgan fingerprint density at radius 2 is 2.11 bits per heavy atom. The predicted molar refractivity (Wildman–Crippen MR) is 102 cm³/mol. The zero-order valence-corrected chi connectivity index (χ0v) is 15.9. The van der Waals surface area contributed by atoms with Crippen LogP contribution in [0.5, 0.6) is 0 Å². The van der Waals surface area contributed by atoms with Crippen LogP contribution in [0.25, 0.3) is 11.5 Å². The summed E-state index contributed by atoms with van der Waals surface area (Å²) in [6.45, 7) is 5.19. The summed E-state index contributed by atoms with van der Waals surface area (Å²) in [7, 11) is 2.00. The van der Waals surface area contributed by atoms with Gasteiger partial charge in [0.25, 0.3) is 5.89 Å². The van der Waals surface area contributed by atoms with E-state index in [4.69, 9.17) is 9.51 Å². The van der Waals surface area contributed by atoms with E-state index in [0.717, 1.165) is 37.4 Å². The molecule has 1 aliphatic carbocycles. The Hall–Kier alpha value is -2.47. The number of hydrogen-bond donors (Lipinski definition) is 0. The van der Waals surface area contributed by atoms with Crippen LogP contribution in [-0.2, 0) is 19.0 Å². The molecule has 2 atom stereocenters. The van der Waals surface area contributed by atoms with E-state index in [-0.39, 0.29) is 5.41 Å². The number of hydrogen-bond acceptors (Lipinski definition) is 5. The summed E-state index contributed by atoms with van der Waals surface area (Å²) in [6, 6.07) is 10.1. The molecule has 0 unspecified atom stereocenters. The maximum atomic E-state index is 5.65. The van der Waals surface area contributed by atoms with Crippen molar-refractivity contribution in [2.75, 3.05) is 13.1 Å². The van der Waals surface area contributed by atoms with Crippen LogP contribution in [0.15, 0.2) is 41.1 Å². The molecule has 3 aromatic rings. The van der Waals surface area contributed by atoms with E-state index in [1.807, 2.05) is 48.3 Å². The van der Waals surface area contributed by atoms with E-state index >= 15 is 0 Å². The van der Waals surface area contributed by atoms with Crippen LogP contribution in [-0.4, -0.2) is 37.9 Å². The molecule has 6 heteroatoms. The van der Waals surface area contributed by atoms with Crippen LogP contribution in [0.3, 0.4) is 0 Å². The molecular weight excluding hydrogens is 338 g/mol. The second-order valence-corrected chi connectivity index (χ2v) is 8.08. The molecule has 0 spiro atoms. The van der Waals surface area contributed by atoms with Gasteiger partial charge >= 0.3 is 0 Å². The van der Waals surface area contributed by atoms with Crippen LogP contribution < -0.4 is 0 Å². The lowest BCUT2D eigenvalue weighted by atomic mass is 9.80. The zero-order chi connectivity index (χ0) is 18.4. The topological polar surface area (TPSA) is 60.0 Å². The fraction of sp³-hybridized carbons (Fsp3) is 0.476. The summed E-state index contributed by atoms with van der Waals surface area (Å²) in [5, 5.41) is 8.84. The summed E-state index contributed by atoms with van der Waals surface area (Å²) in [4.78, 5) is 7.39. The summed E-state index contributed by atoms with van der Waals surface area (Å²) in [5.41, 5.74) is 3.58. The molecule has 0 radical (unpaired) electrons. The second-order valence-electron chi connectivity index (χ2n) is 8.08. The van der Waals surface area contributed by atoms with Gasteiger partial charge in [0, 0.05) is 43.5 Å². The molecule has 0 N–H and O–H groups in total. The highest BCUT2D eigenvalue weighted by Crippen LogP contribution is 2.50. The van der Waals surface area contributed by atoms with Gasteiger partial charge in [-0.3, -0.25) is 9.58 Å². The SMILES string of the molecule is Cc1c(CN2C[C@H]3CCC[C@@]3(c3noc(-c4ccccc4)n3)C2)cnn1C. The van der Waals surface area contributed by atoms with E-state index in [9.17, 15) is 0 Å². The number of rotatable bonds is 4. The van der Waals surface area contributed by atoms with Gasteiger partial charge in [-0.25, -0.2) is 0 Å². The van der Waals surface area contributed by atoms with Crippen LogP contribution in [0, 0.1) is 12.8 Å². The van der Waals surface area contributed by atoms with Gasteiger partial charge in [0.05, 0.1) is 11.6 Å². The highest BCUT2D eigenvalue weighted by atomic mass is 16.5. The fourth-order valence-corrected chi connectivity index (χ4v) is 4.94. The van der Waals surface area contributed by atoms with Crippen molar-refractivity contribution in [1.82, 2.24) is 24.8 Å². The molecule has 0 amide bonds. The van der Waals surface area contributed by atoms with Crippen molar-refractivity contribution in [3.8, 4) is 11.5 Å². The Balaban J connectivity index is 1.41. The Kier molecular flexibility index (Phi) is 3.90. The van der Waals surface area contributed by atoms with Crippen LogP contribution in [0.1, 0.15) is 36.3 Å². The highest BCUT2D eigenvalue weighted by molar-refractivity contribution is 5.52. The molecule has 140 valence electrons. The number of aryl methyl sites for hydroxylation is 1. The second kappa shape index (κ2) is 6.30. The lowest BCUT2D eigenvalue weighted by molar-refractivity contribution is 0.286. The quantitative estimate of drug-likeness (QED) is 0.711. The number of nitrogens with zero attached hydrogens (tertiary/aromatic N) is 5. The summed E-state index contributed by atoms with van der Waals surface area (Å²) < 4.78 is 7.60. The third-order valence-electron chi connectivity index (χ3n) is 6.56. The van der Waals surface area contributed by atoms with E-state index in [1.165, 1.54) is 24.1 Å². The van der Waals surface area contributed by atoms with E-state index < -0.39 is 0 Å². The Bertz CT molecular complexity index is 947. The molecular formula is C21H25N5O. The standard InChI is InChI=1S/C21H25N5O/c1-15-17(11-22-25(15)2)12-26-13-18-9-6-10-21(18,14-26)20-23-19(27-24-20)16-7-4-3-5-8-16/h3-5,7-8,11,18H,6,9-10,12-14H2,1-2H3/t18-,21-/m1/s1. The lowest BCUT2D eigenvalue weighted by Crippen LogP contribution is -2.33. The van der Waals surface area contributed by atoms with Gasteiger partial charge in [0.1, 0.15) is 0 Å². The van der Waals surface area contributed by atoms with Crippen LogP contribution in [0.2, 0.25) is 0 Å². The zero-order valence-electron chi connectivity index (χ0n) is 15.9. The molecule has 3 heterocycles. The van der Waals surface area contributed by atoms with Gasteiger partial charge in [-0.15, -0.1) is 0 Å². The van der Waals surface area contributed by atoms with Crippen molar-refractivity contribution < 1.29 is 4.52 Å². The molecule has 6 nitrogen and oxygen atoms in total. The van der Waals surface area contributed by atoms with Crippen molar-refractivity contribution in [2.24, 2.45) is 13.0 Å². The molecule has 1 aromatic carbocycles. The Labute approximate surface area is 159 Å². The predicted octanol–water partition coefficient (Wildman–Crippen LogP) is 3.33. The van der Waals surface area contributed by atoms with Crippen molar-refractivity contribution >= 4 is 0 Å². The Morgan fingerprint density at radius 3 is 2.89 bits per heavy atom. The van der Waals surface area contributed by atoms with Crippen LogP contribution >= 0.6 is 0 Å². The molecule has 27 heavy (non-hydrogen) atoms. The molecule has 0 bridgehead atoms. The first-order chi connectivity index (χ1) is 13.2. The molecule has 2 aromatic heterocycles. The van der Waals surface area contributed by atoms with Gasteiger partial charge in [0.2, 0.25) is 0 Å². The van der Waals surface area contributed by atoms with E-state index in [2.05, 4.69) is 22.1 Å². The number of likely N-dealkylation sites (tertiary alicyclic amines) is 1. The Morgan fingerprint density at radius 1 is 1.26 bits per heavy atom. The van der Waals surface area contributed by atoms with Gasteiger partial charge in [-0.1, -0.05) is 29.8 Å². The highest BCUT2D eigenvalue weighted by Gasteiger charge is 2.53. The summed E-state index contributed by atoms with van der Waals surface area (Å²) in [6.07, 6.45) is 5.64. The number of benzene rings is 1. The van der Waals surface area contributed by atoms with Gasteiger partial charge in [-0.05, 0) is 37.8 Å². The van der Waals surface area contributed by atoms with Gasteiger partial charge < -0.3 is 4.52 Å². The van der Waals surface area contributed by atoms with Crippen molar-refractivity contribution in [1.29, 1.82) is 0 Å². The molecule has 2 aliphatic rings.